The number of carbonyl (C=O) groups is 1. The molecular weight excluding hydrogens is 256 g/mol. The lowest BCUT2D eigenvalue weighted by atomic mass is 9.99. The molecule has 2 aromatic rings. The highest BCUT2D eigenvalue weighted by Gasteiger charge is 2.11. The fourth-order valence-corrected chi connectivity index (χ4v) is 2.24. The Kier molecular flexibility index (Phi) is 4.75. The summed E-state index contributed by atoms with van der Waals surface area (Å²) in [7, 11) is 0. The summed E-state index contributed by atoms with van der Waals surface area (Å²) in [5.74, 6) is 0.129. The largest absolute Gasteiger partial charge is 0.294 e. The molecule has 1 nitrogen and oxygen atoms in total. The Bertz CT molecular complexity index is 561. The molecule has 0 bridgehead atoms. The molecule has 0 unspecified atom stereocenters. The Morgan fingerprint density at radius 3 is 2.47 bits per heavy atom. The highest BCUT2D eigenvalue weighted by Crippen LogP contribution is 2.26. The number of halogens is 1. The lowest BCUT2D eigenvalue weighted by Gasteiger charge is -2.07. The van der Waals surface area contributed by atoms with Crippen LogP contribution in [-0.2, 0) is 0 Å². The molecule has 0 atom stereocenters. The third-order valence-corrected chi connectivity index (χ3v) is 3.46. The van der Waals surface area contributed by atoms with Crippen molar-refractivity contribution < 1.29 is 4.79 Å². The van der Waals surface area contributed by atoms with E-state index >= 15 is 0 Å². The summed E-state index contributed by atoms with van der Waals surface area (Å²) in [6.07, 6.45) is 2.49. The van der Waals surface area contributed by atoms with Gasteiger partial charge in [-0.25, -0.2) is 0 Å². The van der Waals surface area contributed by atoms with E-state index in [4.69, 9.17) is 11.6 Å². The van der Waals surface area contributed by atoms with Gasteiger partial charge in [-0.15, -0.1) is 0 Å². The van der Waals surface area contributed by atoms with Crippen LogP contribution in [0.25, 0.3) is 11.1 Å². The average molecular weight is 273 g/mol. The zero-order valence-electron chi connectivity index (χ0n) is 11.0. The van der Waals surface area contributed by atoms with E-state index in [0.29, 0.717) is 17.0 Å². The monoisotopic (exact) mass is 272 g/mol. The summed E-state index contributed by atoms with van der Waals surface area (Å²) in [5.41, 5.74) is 2.77. The minimum absolute atomic E-state index is 0.129. The molecule has 0 aliphatic carbocycles. The Balaban J connectivity index is 2.32. The molecule has 0 fully saturated rings. The Labute approximate surface area is 119 Å². The smallest absolute Gasteiger partial charge is 0.164 e. The van der Waals surface area contributed by atoms with Crippen LogP contribution in [0, 0.1) is 0 Å². The second-order valence-electron chi connectivity index (χ2n) is 4.59. The molecule has 0 radical (unpaired) electrons. The Morgan fingerprint density at radius 1 is 1.05 bits per heavy atom. The molecule has 0 aromatic heterocycles. The zero-order chi connectivity index (χ0) is 13.7. The third kappa shape index (κ3) is 3.45. The predicted octanol–water partition coefficient (Wildman–Crippen LogP) is 5.38. The van der Waals surface area contributed by atoms with Crippen molar-refractivity contribution >= 4 is 17.4 Å². The Hall–Kier alpha value is -1.60. The SMILES string of the molecule is CCCCC(=O)c1cc(-c2ccccc2)ccc1Cl. The van der Waals surface area contributed by atoms with Gasteiger partial charge in [0.05, 0.1) is 5.02 Å². The van der Waals surface area contributed by atoms with Crippen LogP contribution in [0.15, 0.2) is 48.5 Å². The molecule has 0 aliphatic rings. The summed E-state index contributed by atoms with van der Waals surface area (Å²) >= 11 is 6.14. The second kappa shape index (κ2) is 6.53. The molecule has 0 N–H and O–H groups in total. The minimum atomic E-state index is 0.129. The van der Waals surface area contributed by atoms with E-state index in [9.17, 15) is 4.79 Å². The molecule has 98 valence electrons. The van der Waals surface area contributed by atoms with Crippen molar-refractivity contribution in [1.29, 1.82) is 0 Å². The summed E-state index contributed by atoms with van der Waals surface area (Å²) in [6.45, 7) is 2.08. The number of benzene rings is 2. The van der Waals surface area contributed by atoms with Gasteiger partial charge in [0.15, 0.2) is 5.78 Å². The van der Waals surface area contributed by atoms with Gasteiger partial charge < -0.3 is 0 Å². The van der Waals surface area contributed by atoms with Gasteiger partial charge in [0.1, 0.15) is 0 Å². The van der Waals surface area contributed by atoms with Gasteiger partial charge in [0.25, 0.3) is 0 Å². The molecule has 0 saturated carbocycles. The van der Waals surface area contributed by atoms with Crippen LogP contribution in [0.3, 0.4) is 0 Å². The van der Waals surface area contributed by atoms with Gasteiger partial charge in [-0.05, 0) is 29.7 Å². The first-order valence-electron chi connectivity index (χ1n) is 6.60. The van der Waals surface area contributed by atoms with E-state index < -0.39 is 0 Å². The van der Waals surface area contributed by atoms with Gasteiger partial charge in [0, 0.05) is 12.0 Å². The number of hydrogen-bond acceptors (Lipinski definition) is 1. The van der Waals surface area contributed by atoms with E-state index in [0.717, 1.165) is 24.0 Å². The van der Waals surface area contributed by atoms with Crippen LogP contribution in [0.4, 0.5) is 0 Å². The first kappa shape index (κ1) is 13.8. The van der Waals surface area contributed by atoms with Crippen LogP contribution in [0.5, 0.6) is 0 Å². The number of ketones is 1. The van der Waals surface area contributed by atoms with Crippen molar-refractivity contribution in [3.8, 4) is 11.1 Å². The number of Topliss-reactive ketones (excluding diaryl/α,β-unsaturated/α-hetero) is 1. The molecule has 0 aliphatic heterocycles. The first-order valence-corrected chi connectivity index (χ1v) is 6.98. The van der Waals surface area contributed by atoms with Crippen molar-refractivity contribution in [2.24, 2.45) is 0 Å². The number of rotatable bonds is 5. The average Bonchev–Trinajstić information content (AvgIpc) is 2.46. The number of hydrogen-bond donors (Lipinski definition) is 0. The summed E-state index contributed by atoms with van der Waals surface area (Å²) < 4.78 is 0. The minimum Gasteiger partial charge on any atom is -0.294 e. The van der Waals surface area contributed by atoms with E-state index in [2.05, 4.69) is 6.92 Å². The Morgan fingerprint density at radius 2 is 1.79 bits per heavy atom. The van der Waals surface area contributed by atoms with E-state index in [1.54, 1.807) is 0 Å². The molecule has 2 heteroatoms. The van der Waals surface area contributed by atoms with Gasteiger partial charge in [-0.3, -0.25) is 4.79 Å². The van der Waals surface area contributed by atoms with Crippen LogP contribution in [-0.4, -0.2) is 5.78 Å². The lowest BCUT2D eigenvalue weighted by Crippen LogP contribution is -2.00. The molecule has 0 saturated heterocycles. The normalized spacial score (nSPS) is 10.4. The van der Waals surface area contributed by atoms with Crippen molar-refractivity contribution in [2.75, 3.05) is 0 Å². The predicted molar refractivity (Wildman–Crippen MR) is 80.7 cm³/mol. The van der Waals surface area contributed by atoms with Gasteiger partial charge in [-0.2, -0.15) is 0 Å². The van der Waals surface area contributed by atoms with Crippen molar-refractivity contribution in [1.82, 2.24) is 0 Å². The molecule has 0 amide bonds. The van der Waals surface area contributed by atoms with E-state index in [-0.39, 0.29) is 5.78 Å². The van der Waals surface area contributed by atoms with Crippen molar-refractivity contribution in [3.63, 3.8) is 0 Å². The van der Waals surface area contributed by atoms with Crippen molar-refractivity contribution in [2.45, 2.75) is 26.2 Å². The maximum atomic E-state index is 12.1. The van der Waals surface area contributed by atoms with Crippen LogP contribution < -0.4 is 0 Å². The van der Waals surface area contributed by atoms with Crippen LogP contribution in [0.1, 0.15) is 36.5 Å². The zero-order valence-corrected chi connectivity index (χ0v) is 11.8. The fraction of sp³-hybridized carbons (Fsp3) is 0.235. The summed E-state index contributed by atoms with van der Waals surface area (Å²) in [5, 5.41) is 0.542. The first-order chi connectivity index (χ1) is 9.22. The van der Waals surface area contributed by atoms with Gasteiger partial charge >= 0.3 is 0 Å². The topological polar surface area (TPSA) is 17.1 Å². The third-order valence-electron chi connectivity index (χ3n) is 3.13. The quantitative estimate of drug-likeness (QED) is 0.668. The highest BCUT2D eigenvalue weighted by atomic mass is 35.5. The molecular formula is C17H17ClO. The van der Waals surface area contributed by atoms with Crippen LogP contribution >= 0.6 is 11.6 Å². The van der Waals surface area contributed by atoms with Gasteiger partial charge in [0.2, 0.25) is 0 Å². The molecule has 2 aromatic carbocycles. The fourth-order valence-electron chi connectivity index (χ4n) is 2.02. The number of carbonyl (C=O) groups excluding carboxylic acids is 1. The molecule has 2 rings (SSSR count). The maximum Gasteiger partial charge on any atom is 0.164 e. The van der Waals surface area contributed by atoms with Crippen LogP contribution in [0.2, 0.25) is 5.02 Å². The van der Waals surface area contributed by atoms with Crippen molar-refractivity contribution in [3.05, 3.63) is 59.1 Å². The van der Waals surface area contributed by atoms with Gasteiger partial charge in [-0.1, -0.05) is 61.3 Å². The lowest BCUT2D eigenvalue weighted by molar-refractivity contribution is 0.0980. The van der Waals surface area contributed by atoms with E-state index in [1.165, 1.54) is 0 Å². The maximum absolute atomic E-state index is 12.1. The summed E-state index contributed by atoms with van der Waals surface area (Å²) in [6, 6.07) is 15.7. The highest BCUT2D eigenvalue weighted by molar-refractivity contribution is 6.34. The summed E-state index contributed by atoms with van der Waals surface area (Å²) in [4.78, 5) is 12.1. The van der Waals surface area contributed by atoms with E-state index in [1.807, 2.05) is 48.5 Å². The molecule has 19 heavy (non-hydrogen) atoms. The molecule has 0 spiro atoms. The second-order valence-corrected chi connectivity index (χ2v) is 4.99. The standard InChI is InChI=1S/C17H17ClO/c1-2-3-9-17(19)15-12-14(10-11-16(15)18)13-7-5-4-6-8-13/h4-8,10-12H,2-3,9H2,1H3. The number of unbranched alkanes of at least 4 members (excludes halogenated alkanes) is 1. The molecule has 0 heterocycles.